The molecule has 1 aliphatic heterocycles. The minimum Gasteiger partial charge on any atom is -0.496 e. The SMILES string of the molecule is COc1ccccc1C1=C(Nc2cccc3ccccc23)C(=O)N(CCCOC(C)C)C1=O. The van der Waals surface area contributed by atoms with Gasteiger partial charge in [-0.3, -0.25) is 14.5 Å². The average Bonchev–Trinajstić information content (AvgIpc) is 3.05. The zero-order chi connectivity index (χ0) is 23.4. The Labute approximate surface area is 193 Å². The van der Waals surface area contributed by atoms with Crippen molar-refractivity contribution in [3.05, 3.63) is 78.0 Å². The van der Waals surface area contributed by atoms with Gasteiger partial charge in [0.1, 0.15) is 11.4 Å². The molecule has 1 heterocycles. The van der Waals surface area contributed by atoms with Crippen molar-refractivity contribution in [3.63, 3.8) is 0 Å². The minimum atomic E-state index is -0.349. The lowest BCUT2D eigenvalue weighted by Crippen LogP contribution is -2.34. The van der Waals surface area contributed by atoms with Crippen molar-refractivity contribution >= 4 is 33.8 Å². The van der Waals surface area contributed by atoms with Crippen LogP contribution in [0, 0.1) is 0 Å². The highest BCUT2D eigenvalue weighted by molar-refractivity contribution is 6.37. The van der Waals surface area contributed by atoms with Gasteiger partial charge in [0.15, 0.2) is 0 Å². The zero-order valence-electron chi connectivity index (χ0n) is 19.1. The third-order valence-electron chi connectivity index (χ3n) is 5.57. The molecule has 6 heteroatoms. The second kappa shape index (κ2) is 9.88. The van der Waals surface area contributed by atoms with Crippen LogP contribution in [-0.2, 0) is 14.3 Å². The van der Waals surface area contributed by atoms with E-state index in [9.17, 15) is 9.59 Å². The van der Waals surface area contributed by atoms with Gasteiger partial charge in [-0.25, -0.2) is 0 Å². The Kier molecular flexibility index (Phi) is 6.75. The van der Waals surface area contributed by atoms with Crippen LogP contribution in [-0.4, -0.2) is 43.1 Å². The number of para-hydroxylation sites is 1. The van der Waals surface area contributed by atoms with E-state index in [1.54, 1.807) is 19.2 Å². The smallest absolute Gasteiger partial charge is 0.278 e. The first-order chi connectivity index (χ1) is 16.0. The first kappa shape index (κ1) is 22.6. The van der Waals surface area contributed by atoms with Crippen LogP contribution in [0.15, 0.2) is 72.4 Å². The van der Waals surface area contributed by atoms with Gasteiger partial charge in [0.2, 0.25) is 0 Å². The number of nitrogens with one attached hydrogen (secondary N) is 1. The average molecular weight is 445 g/mol. The summed E-state index contributed by atoms with van der Waals surface area (Å²) in [5.41, 5.74) is 1.92. The summed E-state index contributed by atoms with van der Waals surface area (Å²) in [6.07, 6.45) is 0.664. The van der Waals surface area contributed by atoms with Gasteiger partial charge in [-0.1, -0.05) is 54.6 Å². The number of methoxy groups -OCH3 is 1. The summed E-state index contributed by atoms with van der Waals surface area (Å²) in [6, 6.07) is 21.0. The molecule has 33 heavy (non-hydrogen) atoms. The fourth-order valence-electron chi connectivity index (χ4n) is 4.01. The van der Waals surface area contributed by atoms with E-state index in [1.165, 1.54) is 4.90 Å². The quantitative estimate of drug-likeness (QED) is 0.377. The zero-order valence-corrected chi connectivity index (χ0v) is 19.1. The molecular formula is C27H28N2O4. The van der Waals surface area contributed by atoms with Gasteiger partial charge in [0, 0.05) is 29.8 Å². The molecule has 0 atom stereocenters. The highest BCUT2D eigenvalue weighted by Crippen LogP contribution is 2.36. The number of benzene rings is 3. The lowest BCUT2D eigenvalue weighted by atomic mass is 10.0. The number of anilines is 1. The number of nitrogens with zero attached hydrogens (tertiary/aromatic N) is 1. The van der Waals surface area contributed by atoms with Crippen LogP contribution < -0.4 is 10.1 Å². The molecule has 6 nitrogen and oxygen atoms in total. The number of amides is 2. The lowest BCUT2D eigenvalue weighted by Gasteiger charge is -2.16. The summed E-state index contributed by atoms with van der Waals surface area (Å²) in [4.78, 5) is 28.2. The van der Waals surface area contributed by atoms with Crippen molar-refractivity contribution in [3.8, 4) is 5.75 Å². The maximum Gasteiger partial charge on any atom is 0.278 e. The lowest BCUT2D eigenvalue weighted by molar-refractivity contribution is -0.137. The van der Waals surface area contributed by atoms with E-state index in [2.05, 4.69) is 5.32 Å². The number of hydrogen-bond donors (Lipinski definition) is 1. The molecule has 3 aromatic carbocycles. The molecule has 0 saturated heterocycles. The number of hydrogen-bond acceptors (Lipinski definition) is 5. The number of carbonyl (C=O) groups excluding carboxylic acids is 2. The summed E-state index contributed by atoms with van der Waals surface area (Å²) < 4.78 is 11.1. The maximum atomic E-state index is 13.5. The second-order valence-corrected chi connectivity index (χ2v) is 8.14. The Balaban J connectivity index is 1.74. The van der Waals surface area contributed by atoms with Crippen molar-refractivity contribution in [1.82, 2.24) is 4.90 Å². The summed E-state index contributed by atoms with van der Waals surface area (Å²) in [7, 11) is 1.56. The Hall–Kier alpha value is -3.64. The van der Waals surface area contributed by atoms with Crippen LogP contribution in [0.2, 0.25) is 0 Å². The molecule has 0 aliphatic carbocycles. The predicted octanol–water partition coefficient (Wildman–Crippen LogP) is 4.86. The second-order valence-electron chi connectivity index (χ2n) is 8.14. The van der Waals surface area contributed by atoms with Crippen molar-refractivity contribution < 1.29 is 19.1 Å². The molecule has 0 spiro atoms. The molecular weight excluding hydrogens is 416 g/mol. The molecule has 0 radical (unpaired) electrons. The van der Waals surface area contributed by atoms with Crippen LogP contribution in [0.1, 0.15) is 25.8 Å². The number of fused-ring (bicyclic) bond motifs is 1. The van der Waals surface area contributed by atoms with Crippen LogP contribution in [0.4, 0.5) is 5.69 Å². The van der Waals surface area contributed by atoms with Gasteiger partial charge in [-0.2, -0.15) is 0 Å². The van der Waals surface area contributed by atoms with Crippen LogP contribution in [0.25, 0.3) is 16.3 Å². The van der Waals surface area contributed by atoms with Crippen LogP contribution >= 0.6 is 0 Å². The molecule has 170 valence electrons. The van der Waals surface area contributed by atoms with Gasteiger partial charge in [0.25, 0.3) is 11.8 Å². The van der Waals surface area contributed by atoms with E-state index in [4.69, 9.17) is 9.47 Å². The molecule has 0 bridgehead atoms. The molecule has 1 N–H and O–H groups in total. The third kappa shape index (κ3) is 4.61. The first-order valence-corrected chi connectivity index (χ1v) is 11.1. The Morgan fingerprint density at radius 1 is 0.909 bits per heavy atom. The van der Waals surface area contributed by atoms with Gasteiger partial charge < -0.3 is 14.8 Å². The molecule has 3 aromatic rings. The van der Waals surface area contributed by atoms with E-state index >= 15 is 0 Å². The number of carbonyl (C=O) groups is 2. The Morgan fingerprint density at radius 2 is 1.64 bits per heavy atom. The topological polar surface area (TPSA) is 67.9 Å². The highest BCUT2D eigenvalue weighted by Gasteiger charge is 2.40. The van der Waals surface area contributed by atoms with E-state index in [0.717, 1.165) is 16.5 Å². The maximum absolute atomic E-state index is 13.5. The van der Waals surface area contributed by atoms with Crippen LogP contribution in [0.3, 0.4) is 0 Å². The summed E-state index contributed by atoms with van der Waals surface area (Å²) in [5, 5.41) is 5.29. The normalized spacial score (nSPS) is 14.0. The van der Waals surface area contributed by atoms with Gasteiger partial charge >= 0.3 is 0 Å². The summed E-state index contributed by atoms with van der Waals surface area (Å²) in [5.74, 6) is -0.147. The molecule has 1 aliphatic rings. The van der Waals surface area contributed by atoms with E-state index < -0.39 is 0 Å². The van der Waals surface area contributed by atoms with Crippen LogP contribution in [0.5, 0.6) is 5.75 Å². The number of rotatable bonds is 9. The van der Waals surface area contributed by atoms with E-state index in [-0.39, 0.29) is 30.2 Å². The molecule has 0 saturated carbocycles. The van der Waals surface area contributed by atoms with Crippen molar-refractivity contribution in [1.29, 1.82) is 0 Å². The van der Waals surface area contributed by atoms with Crippen molar-refractivity contribution in [2.45, 2.75) is 26.4 Å². The number of ether oxygens (including phenoxy) is 2. The molecule has 0 fully saturated rings. The molecule has 4 rings (SSSR count). The van der Waals surface area contributed by atoms with Crippen molar-refractivity contribution in [2.24, 2.45) is 0 Å². The molecule has 0 unspecified atom stereocenters. The van der Waals surface area contributed by atoms with Gasteiger partial charge in [0.05, 0.1) is 18.8 Å². The fraction of sp³-hybridized carbons (Fsp3) is 0.259. The predicted molar refractivity (Wildman–Crippen MR) is 130 cm³/mol. The molecule has 0 aromatic heterocycles. The monoisotopic (exact) mass is 444 g/mol. The molecule has 2 amide bonds. The standard InChI is InChI=1S/C27H28N2O4/c1-18(2)33-17-9-16-29-26(30)24(21-13-6-7-15-23(21)32-3)25(27(29)31)28-22-14-8-11-19-10-4-5-12-20(19)22/h4-8,10-15,18,28H,9,16-17H2,1-3H3. The Morgan fingerprint density at radius 3 is 2.42 bits per heavy atom. The Bertz CT molecular complexity index is 1210. The fourth-order valence-corrected chi connectivity index (χ4v) is 4.01. The van der Waals surface area contributed by atoms with E-state index in [0.29, 0.717) is 29.9 Å². The van der Waals surface area contributed by atoms with Crippen molar-refractivity contribution in [2.75, 3.05) is 25.6 Å². The summed E-state index contributed by atoms with van der Waals surface area (Å²) >= 11 is 0. The van der Waals surface area contributed by atoms with Gasteiger partial charge in [-0.15, -0.1) is 0 Å². The van der Waals surface area contributed by atoms with E-state index in [1.807, 2.05) is 68.4 Å². The first-order valence-electron chi connectivity index (χ1n) is 11.1. The van der Waals surface area contributed by atoms with Gasteiger partial charge in [-0.05, 0) is 37.8 Å². The number of imide groups is 1. The summed E-state index contributed by atoms with van der Waals surface area (Å²) in [6.45, 7) is 4.67. The minimum absolute atomic E-state index is 0.0980. The third-order valence-corrected chi connectivity index (χ3v) is 5.57. The largest absolute Gasteiger partial charge is 0.496 e. The highest BCUT2D eigenvalue weighted by atomic mass is 16.5.